The Morgan fingerprint density at radius 3 is 2.15 bits per heavy atom. The van der Waals surface area contributed by atoms with Crippen LogP contribution in [0, 0.1) is 0 Å². The Morgan fingerprint density at radius 2 is 1.59 bits per heavy atom. The second kappa shape index (κ2) is 8.26. The summed E-state index contributed by atoms with van der Waals surface area (Å²) in [6.07, 6.45) is 0.216. The van der Waals surface area contributed by atoms with Gasteiger partial charge in [0.2, 0.25) is 15.9 Å². The molecule has 7 nitrogen and oxygen atoms in total. The second-order valence-corrected chi connectivity index (χ2v) is 9.37. The van der Waals surface area contributed by atoms with E-state index < -0.39 is 10.0 Å². The fourth-order valence-electron chi connectivity index (χ4n) is 3.84. The highest BCUT2D eigenvalue weighted by atomic mass is 32.2. The van der Waals surface area contributed by atoms with Gasteiger partial charge >= 0.3 is 0 Å². The Hall–Kier alpha value is -1.48. The van der Waals surface area contributed by atoms with Gasteiger partial charge in [0.05, 0.1) is 23.1 Å². The van der Waals surface area contributed by atoms with Crippen LogP contribution in [0.15, 0.2) is 35.2 Å². The lowest BCUT2D eigenvalue weighted by molar-refractivity contribution is -0.143. The first-order chi connectivity index (χ1) is 12.8. The molecule has 2 fully saturated rings. The van der Waals surface area contributed by atoms with Crippen molar-refractivity contribution in [1.82, 2.24) is 14.1 Å². The van der Waals surface area contributed by atoms with E-state index in [-0.39, 0.29) is 24.2 Å². The van der Waals surface area contributed by atoms with Crippen LogP contribution in [0.5, 0.6) is 0 Å². The number of carbonyl (C=O) groups excluding carboxylic acids is 1. The lowest BCUT2D eigenvalue weighted by Gasteiger charge is -2.41. The zero-order valence-corrected chi connectivity index (χ0v) is 17.1. The van der Waals surface area contributed by atoms with Gasteiger partial charge in [-0.1, -0.05) is 18.2 Å². The Morgan fingerprint density at radius 1 is 1.04 bits per heavy atom. The minimum Gasteiger partial charge on any atom is -0.373 e. The highest BCUT2D eigenvalue weighted by Gasteiger charge is 2.35. The van der Waals surface area contributed by atoms with Gasteiger partial charge in [-0.2, -0.15) is 4.31 Å². The summed E-state index contributed by atoms with van der Waals surface area (Å²) in [4.78, 5) is 17.2. The highest BCUT2D eigenvalue weighted by molar-refractivity contribution is 7.89. The summed E-state index contributed by atoms with van der Waals surface area (Å²) in [5.74, 6) is 0.0630. The maximum absolute atomic E-state index is 12.9. The normalized spacial score (nSPS) is 26.7. The topological polar surface area (TPSA) is 70.2 Å². The molecule has 0 spiro atoms. The predicted octanol–water partition coefficient (Wildman–Crippen LogP) is 1.02. The van der Waals surface area contributed by atoms with Gasteiger partial charge in [0.1, 0.15) is 0 Å². The maximum Gasteiger partial charge on any atom is 0.243 e. The smallest absolute Gasteiger partial charge is 0.243 e. The molecule has 8 heteroatoms. The molecule has 1 aromatic rings. The average molecular weight is 396 g/mol. The lowest BCUT2D eigenvalue weighted by Crippen LogP contribution is -2.58. The van der Waals surface area contributed by atoms with Crippen LogP contribution < -0.4 is 0 Å². The summed E-state index contributed by atoms with van der Waals surface area (Å²) in [6.45, 7) is 8.94. The monoisotopic (exact) mass is 395 g/mol. The van der Waals surface area contributed by atoms with Crippen LogP contribution in [0.2, 0.25) is 0 Å². The number of hydrogen-bond acceptors (Lipinski definition) is 5. The van der Waals surface area contributed by atoms with E-state index in [9.17, 15) is 13.2 Å². The lowest BCUT2D eigenvalue weighted by atomic mass is 10.1. The zero-order chi connectivity index (χ0) is 19.6. The number of sulfonamides is 1. The molecule has 1 aromatic carbocycles. The average Bonchev–Trinajstić information content (AvgIpc) is 2.67. The van der Waals surface area contributed by atoms with Gasteiger partial charge in [0.25, 0.3) is 0 Å². The van der Waals surface area contributed by atoms with Crippen LogP contribution in [-0.4, -0.2) is 85.9 Å². The predicted molar refractivity (Wildman–Crippen MR) is 103 cm³/mol. The third-order valence-corrected chi connectivity index (χ3v) is 7.20. The Kier molecular flexibility index (Phi) is 6.20. The molecule has 3 rings (SSSR count). The molecule has 2 heterocycles. The highest BCUT2D eigenvalue weighted by Crippen LogP contribution is 2.19. The summed E-state index contributed by atoms with van der Waals surface area (Å²) in [6, 6.07) is 8.23. The molecular weight excluding hydrogens is 366 g/mol. The number of morpholine rings is 1. The largest absolute Gasteiger partial charge is 0.373 e. The van der Waals surface area contributed by atoms with E-state index in [2.05, 4.69) is 4.90 Å². The second-order valence-electron chi connectivity index (χ2n) is 7.43. The molecular formula is C19H29N3O4S. The van der Waals surface area contributed by atoms with Crippen molar-refractivity contribution in [3.63, 3.8) is 0 Å². The Bertz CT molecular complexity index is 737. The maximum atomic E-state index is 12.9. The first-order valence-electron chi connectivity index (χ1n) is 9.52. The van der Waals surface area contributed by atoms with Crippen LogP contribution in [-0.2, 0) is 19.6 Å². The molecule has 2 saturated heterocycles. The van der Waals surface area contributed by atoms with E-state index in [1.807, 2.05) is 20.8 Å². The molecule has 0 aliphatic carbocycles. The van der Waals surface area contributed by atoms with Crippen molar-refractivity contribution in [2.45, 2.75) is 43.9 Å². The van der Waals surface area contributed by atoms with Crippen molar-refractivity contribution in [1.29, 1.82) is 0 Å². The van der Waals surface area contributed by atoms with Gasteiger partial charge in [-0.05, 0) is 32.9 Å². The Labute approximate surface area is 161 Å². The van der Waals surface area contributed by atoms with Crippen LogP contribution in [0.1, 0.15) is 20.8 Å². The third-order valence-electron chi connectivity index (χ3n) is 5.28. The van der Waals surface area contributed by atoms with Crippen molar-refractivity contribution in [3.8, 4) is 0 Å². The summed E-state index contributed by atoms with van der Waals surface area (Å²) < 4.78 is 32.6. The first kappa shape index (κ1) is 20.3. The molecule has 0 radical (unpaired) electrons. The first-order valence-corrected chi connectivity index (χ1v) is 11.0. The number of hydrogen-bond donors (Lipinski definition) is 0. The van der Waals surface area contributed by atoms with E-state index in [0.717, 1.165) is 13.1 Å². The number of ether oxygens (including phenoxy) is 1. The van der Waals surface area contributed by atoms with E-state index in [4.69, 9.17) is 4.74 Å². The third kappa shape index (κ3) is 4.51. The number of benzene rings is 1. The number of rotatable bonds is 4. The van der Waals surface area contributed by atoms with Gasteiger partial charge < -0.3 is 9.64 Å². The van der Waals surface area contributed by atoms with Crippen LogP contribution >= 0.6 is 0 Å². The zero-order valence-electron chi connectivity index (χ0n) is 16.2. The van der Waals surface area contributed by atoms with Crippen molar-refractivity contribution in [2.75, 3.05) is 39.3 Å². The van der Waals surface area contributed by atoms with E-state index >= 15 is 0 Å². The molecule has 0 unspecified atom stereocenters. The minimum absolute atomic E-state index is 0.0630. The summed E-state index contributed by atoms with van der Waals surface area (Å²) in [5, 5.41) is 0. The molecule has 0 N–H and O–H groups in total. The van der Waals surface area contributed by atoms with Gasteiger partial charge in [-0.3, -0.25) is 9.69 Å². The van der Waals surface area contributed by atoms with Gasteiger partial charge in [0.15, 0.2) is 0 Å². The SMILES string of the molecule is C[C@@H]1CN([C@@H](C)C(=O)N2CCN(S(=O)(=O)c3ccccc3)CC2)C[C@H](C)O1. The molecule has 0 aromatic heterocycles. The number of nitrogens with zero attached hydrogens (tertiary/aromatic N) is 3. The van der Waals surface area contributed by atoms with Crippen molar-refractivity contribution in [2.24, 2.45) is 0 Å². The van der Waals surface area contributed by atoms with Gasteiger partial charge in [0, 0.05) is 39.3 Å². The Balaban J connectivity index is 1.59. The fraction of sp³-hybridized carbons (Fsp3) is 0.632. The molecule has 150 valence electrons. The molecule has 2 aliphatic heterocycles. The van der Waals surface area contributed by atoms with E-state index in [0.29, 0.717) is 31.1 Å². The summed E-state index contributed by atoms with van der Waals surface area (Å²) >= 11 is 0. The number of piperazine rings is 1. The molecule has 0 bridgehead atoms. The fourth-order valence-corrected chi connectivity index (χ4v) is 5.29. The minimum atomic E-state index is -3.50. The quantitative estimate of drug-likeness (QED) is 0.761. The number of amides is 1. The molecule has 2 aliphatic rings. The number of carbonyl (C=O) groups is 1. The van der Waals surface area contributed by atoms with E-state index in [1.165, 1.54) is 4.31 Å². The molecule has 0 saturated carbocycles. The van der Waals surface area contributed by atoms with Crippen molar-refractivity contribution in [3.05, 3.63) is 30.3 Å². The van der Waals surface area contributed by atoms with Gasteiger partial charge in [-0.25, -0.2) is 8.42 Å². The van der Waals surface area contributed by atoms with E-state index in [1.54, 1.807) is 35.2 Å². The van der Waals surface area contributed by atoms with Gasteiger partial charge in [-0.15, -0.1) is 0 Å². The van der Waals surface area contributed by atoms with Crippen LogP contribution in [0.4, 0.5) is 0 Å². The standard InChI is InChI=1S/C19H29N3O4S/c1-15-13-21(14-16(2)26-15)17(3)19(23)20-9-11-22(12-10-20)27(24,25)18-7-5-4-6-8-18/h4-8,15-17H,9-14H2,1-3H3/t15-,16+,17-/m0/s1. The summed E-state index contributed by atoms with van der Waals surface area (Å²) in [5.41, 5.74) is 0. The molecule has 1 amide bonds. The summed E-state index contributed by atoms with van der Waals surface area (Å²) in [7, 11) is -3.50. The van der Waals surface area contributed by atoms with Crippen LogP contribution in [0.25, 0.3) is 0 Å². The van der Waals surface area contributed by atoms with Crippen LogP contribution in [0.3, 0.4) is 0 Å². The molecule has 3 atom stereocenters. The molecule has 27 heavy (non-hydrogen) atoms. The van der Waals surface area contributed by atoms with Crippen molar-refractivity contribution < 1.29 is 17.9 Å². The van der Waals surface area contributed by atoms with Crippen molar-refractivity contribution >= 4 is 15.9 Å².